The second-order valence-electron chi connectivity index (χ2n) is 7.39. The number of hydrogen-bond donors (Lipinski definition) is 1. The zero-order valence-electron chi connectivity index (χ0n) is 15.4. The molecule has 136 valence electrons. The molecule has 1 aliphatic rings. The predicted octanol–water partition coefficient (Wildman–Crippen LogP) is 5.73. The molecule has 0 heterocycles. The summed E-state index contributed by atoms with van der Waals surface area (Å²) in [6.45, 7) is 4.04. The number of carbonyl (C=O) groups excluding carboxylic acids is 1. The van der Waals surface area contributed by atoms with Crippen molar-refractivity contribution in [2.45, 2.75) is 36.8 Å². The van der Waals surface area contributed by atoms with E-state index in [1.54, 1.807) is 18.9 Å². The smallest absolute Gasteiger partial charge is 0.164 e. The van der Waals surface area contributed by atoms with Crippen LogP contribution in [0.4, 0.5) is 0 Å². The lowest BCUT2D eigenvalue weighted by Crippen LogP contribution is -2.27. The van der Waals surface area contributed by atoms with Crippen LogP contribution in [0.25, 0.3) is 0 Å². The van der Waals surface area contributed by atoms with E-state index in [1.807, 2.05) is 68.4 Å². The van der Waals surface area contributed by atoms with Gasteiger partial charge in [0.2, 0.25) is 0 Å². The van der Waals surface area contributed by atoms with Gasteiger partial charge in [0.25, 0.3) is 0 Å². The summed E-state index contributed by atoms with van der Waals surface area (Å²) in [7, 11) is 1.64. The topological polar surface area (TPSA) is 46.5 Å². The summed E-state index contributed by atoms with van der Waals surface area (Å²) in [5.41, 5.74) is 1.36. The van der Waals surface area contributed by atoms with Crippen molar-refractivity contribution in [2.75, 3.05) is 7.11 Å². The number of benzene rings is 2. The Kier molecular flexibility index (Phi) is 5.42. The van der Waals surface area contributed by atoms with Crippen LogP contribution in [0.5, 0.6) is 5.75 Å². The number of aliphatic hydroxyl groups excluding tert-OH is 1. The zero-order valence-corrected chi connectivity index (χ0v) is 16.2. The fourth-order valence-corrected chi connectivity index (χ4v) is 4.56. The molecular weight excluding hydrogens is 344 g/mol. The fourth-order valence-electron chi connectivity index (χ4n) is 3.31. The third-order valence-corrected chi connectivity index (χ3v) is 5.86. The first-order chi connectivity index (χ1) is 12.4. The van der Waals surface area contributed by atoms with Crippen LogP contribution in [0.2, 0.25) is 0 Å². The predicted molar refractivity (Wildman–Crippen MR) is 106 cm³/mol. The van der Waals surface area contributed by atoms with Gasteiger partial charge in [-0.3, -0.25) is 4.79 Å². The van der Waals surface area contributed by atoms with E-state index >= 15 is 0 Å². The molecule has 3 nitrogen and oxygen atoms in total. The Balaban J connectivity index is 2.00. The molecule has 0 aromatic heterocycles. The molecule has 0 aliphatic heterocycles. The third kappa shape index (κ3) is 4.13. The third-order valence-electron chi connectivity index (χ3n) is 4.57. The van der Waals surface area contributed by atoms with E-state index in [2.05, 4.69) is 0 Å². The maximum Gasteiger partial charge on any atom is 0.164 e. The van der Waals surface area contributed by atoms with Gasteiger partial charge in [-0.1, -0.05) is 44.2 Å². The van der Waals surface area contributed by atoms with Gasteiger partial charge in [0.05, 0.1) is 17.9 Å². The molecule has 3 rings (SSSR count). The molecule has 4 heteroatoms. The van der Waals surface area contributed by atoms with Crippen molar-refractivity contribution < 1.29 is 14.6 Å². The molecule has 2 aromatic rings. The van der Waals surface area contributed by atoms with Crippen LogP contribution in [0.1, 0.15) is 37.5 Å². The van der Waals surface area contributed by atoms with Crippen LogP contribution >= 0.6 is 11.8 Å². The Hall–Kier alpha value is -2.20. The number of carbonyl (C=O) groups is 1. The van der Waals surface area contributed by atoms with Gasteiger partial charge in [0.1, 0.15) is 11.5 Å². The Labute approximate surface area is 159 Å². The number of methoxy groups -OCH3 is 1. The standard InChI is InChI=1S/C22H24O3S/c1-22(2)13-18(23)20(19(24)14-22)21(15-7-5-4-6-8-15)26-17-11-9-16(25-3)10-12-17/h4-12,21,23H,13-14H2,1-3H3. The molecule has 0 fully saturated rings. The molecule has 0 radical (unpaired) electrons. The fraction of sp³-hybridized carbons (Fsp3) is 0.318. The Bertz CT molecular complexity index is 807. The summed E-state index contributed by atoms with van der Waals surface area (Å²) in [6, 6.07) is 17.7. The molecule has 0 spiro atoms. The van der Waals surface area contributed by atoms with Crippen LogP contribution in [0.15, 0.2) is 70.8 Å². The van der Waals surface area contributed by atoms with Crippen molar-refractivity contribution in [3.63, 3.8) is 0 Å². The Morgan fingerprint density at radius 3 is 2.27 bits per heavy atom. The van der Waals surface area contributed by atoms with Crippen molar-refractivity contribution in [3.8, 4) is 5.75 Å². The summed E-state index contributed by atoms with van der Waals surface area (Å²) in [4.78, 5) is 13.9. The number of aliphatic hydroxyl groups is 1. The van der Waals surface area contributed by atoms with Gasteiger partial charge in [-0.15, -0.1) is 11.8 Å². The summed E-state index contributed by atoms with van der Waals surface area (Å²) in [5, 5.41) is 10.5. The SMILES string of the molecule is COc1ccc(SC(C2=C(O)CC(C)(C)CC2=O)c2ccccc2)cc1. The first-order valence-electron chi connectivity index (χ1n) is 8.70. The van der Waals surface area contributed by atoms with Gasteiger partial charge in [-0.2, -0.15) is 0 Å². The van der Waals surface area contributed by atoms with Crippen LogP contribution in [0.3, 0.4) is 0 Å². The lowest BCUT2D eigenvalue weighted by Gasteiger charge is -2.32. The minimum Gasteiger partial charge on any atom is -0.512 e. The van der Waals surface area contributed by atoms with E-state index in [-0.39, 0.29) is 22.2 Å². The molecule has 1 aliphatic carbocycles. The van der Waals surface area contributed by atoms with E-state index < -0.39 is 0 Å². The van der Waals surface area contributed by atoms with Crippen molar-refractivity contribution in [1.29, 1.82) is 0 Å². The zero-order chi connectivity index (χ0) is 18.7. The van der Waals surface area contributed by atoms with Gasteiger partial charge in [-0.25, -0.2) is 0 Å². The Morgan fingerprint density at radius 2 is 1.69 bits per heavy atom. The minimum atomic E-state index is -0.229. The molecule has 0 amide bonds. The van der Waals surface area contributed by atoms with Gasteiger partial charge in [0, 0.05) is 17.7 Å². The minimum absolute atomic E-state index is 0.0358. The summed E-state index contributed by atoms with van der Waals surface area (Å²) >= 11 is 1.58. The lowest BCUT2D eigenvalue weighted by atomic mass is 9.75. The van der Waals surface area contributed by atoms with E-state index in [0.29, 0.717) is 18.4 Å². The highest BCUT2D eigenvalue weighted by atomic mass is 32.2. The molecule has 1 unspecified atom stereocenters. The Morgan fingerprint density at radius 1 is 1.04 bits per heavy atom. The van der Waals surface area contributed by atoms with Gasteiger partial charge in [0.15, 0.2) is 5.78 Å². The van der Waals surface area contributed by atoms with Crippen molar-refractivity contribution in [3.05, 3.63) is 71.5 Å². The molecule has 2 aromatic carbocycles. The summed E-state index contributed by atoms with van der Waals surface area (Å²) < 4.78 is 5.22. The largest absolute Gasteiger partial charge is 0.512 e. The first kappa shape index (κ1) is 18.6. The monoisotopic (exact) mass is 368 g/mol. The summed E-state index contributed by atoms with van der Waals surface area (Å²) in [5.74, 6) is 1.05. The second-order valence-corrected chi connectivity index (χ2v) is 8.56. The lowest BCUT2D eigenvalue weighted by molar-refractivity contribution is -0.118. The number of thioether (sulfide) groups is 1. The highest BCUT2D eigenvalue weighted by molar-refractivity contribution is 7.99. The number of rotatable bonds is 5. The average Bonchev–Trinajstić information content (AvgIpc) is 2.60. The summed E-state index contributed by atoms with van der Waals surface area (Å²) in [6.07, 6.45) is 0.986. The number of ketones is 1. The quantitative estimate of drug-likeness (QED) is 0.685. The maximum atomic E-state index is 12.9. The average molecular weight is 368 g/mol. The molecule has 0 bridgehead atoms. The number of Topliss-reactive ketones (excluding diaryl/α,β-unsaturated/α-hetero) is 1. The van der Waals surface area contributed by atoms with Crippen molar-refractivity contribution >= 4 is 17.5 Å². The van der Waals surface area contributed by atoms with E-state index in [1.165, 1.54) is 0 Å². The van der Waals surface area contributed by atoms with Crippen LogP contribution in [-0.2, 0) is 4.79 Å². The van der Waals surface area contributed by atoms with E-state index in [4.69, 9.17) is 4.74 Å². The van der Waals surface area contributed by atoms with E-state index in [0.717, 1.165) is 16.2 Å². The maximum absolute atomic E-state index is 12.9. The van der Waals surface area contributed by atoms with Crippen LogP contribution in [-0.4, -0.2) is 18.0 Å². The molecule has 0 saturated heterocycles. The molecule has 26 heavy (non-hydrogen) atoms. The molecule has 1 N–H and O–H groups in total. The number of allylic oxidation sites excluding steroid dienone is 1. The van der Waals surface area contributed by atoms with E-state index in [9.17, 15) is 9.90 Å². The highest BCUT2D eigenvalue weighted by Crippen LogP contribution is 2.47. The highest BCUT2D eigenvalue weighted by Gasteiger charge is 2.37. The van der Waals surface area contributed by atoms with Gasteiger partial charge < -0.3 is 9.84 Å². The second kappa shape index (κ2) is 7.58. The van der Waals surface area contributed by atoms with Gasteiger partial charge in [-0.05, 0) is 35.2 Å². The first-order valence-corrected chi connectivity index (χ1v) is 9.58. The van der Waals surface area contributed by atoms with Crippen LogP contribution < -0.4 is 4.74 Å². The molecule has 0 saturated carbocycles. The van der Waals surface area contributed by atoms with Crippen molar-refractivity contribution in [1.82, 2.24) is 0 Å². The molecular formula is C22H24O3S. The normalized spacial score (nSPS) is 17.9. The molecule has 1 atom stereocenters. The van der Waals surface area contributed by atoms with Crippen molar-refractivity contribution in [2.24, 2.45) is 5.41 Å². The number of ether oxygens (including phenoxy) is 1. The van der Waals surface area contributed by atoms with Gasteiger partial charge >= 0.3 is 0 Å². The number of hydrogen-bond acceptors (Lipinski definition) is 4. The van der Waals surface area contributed by atoms with Crippen LogP contribution in [0, 0.1) is 5.41 Å².